The molecular formula is C10H20FNO2. The normalized spacial score (nSPS) is 12.1. The fraction of sp³-hybridized carbons (Fsp3) is 0.900. The van der Waals surface area contributed by atoms with Crippen LogP contribution in [0.4, 0.5) is 4.39 Å². The third-order valence-electron chi connectivity index (χ3n) is 2.11. The maximum Gasteiger partial charge on any atom is 0.304 e. The molecule has 0 rings (SSSR count). The summed E-state index contributed by atoms with van der Waals surface area (Å²) in [4.78, 5) is 12.4. The van der Waals surface area contributed by atoms with Crippen LogP contribution in [0.3, 0.4) is 0 Å². The number of nitrogens with zero attached hydrogens (tertiary/aromatic N) is 1. The van der Waals surface area contributed by atoms with E-state index in [2.05, 4.69) is 0 Å². The van der Waals surface area contributed by atoms with Crippen LogP contribution < -0.4 is 0 Å². The van der Waals surface area contributed by atoms with Gasteiger partial charge < -0.3 is 5.11 Å². The Balaban J connectivity index is 4.04. The van der Waals surface area contributed by atoms with E-state index >= 15 is 0 Å². The van der Waals surface area contributed by atoms with Gasteiger partial charge in [0.05, 0.1) is 13.1 Å². The molecule has 0 unspecified atom stereocenters. The van der Waals surface area contributed by atoms with Gasteiger partial charge in [0.1, 0.15) is 0 Å². The van der Waals surface area contributed by atoms with Crippen LogP contribution >= 0.6 is 0 Å². The summed E-state index contributed by atoms with van der Waals surface area (Å²) in [7, 11) is 0. The highest BCUT2D eigenvalue weighted by Gasteiger charge is 2.20. The second kappa shape index (κ2) is 5.96. The summed E-state index contributed by atoms with van der Waals surface area (Å²) in [6.45, 7) is 6.78. The highest BCUT2D eigenvalue weighted by Crippen LogP contribution is 2.14. The lowest BCUT2D eigenvalue weighted by Crippen LogP contribution is -2.43. The first-order valence-electron chi connectivity index (χ1n) is 4.90. The van der Waals surface area contributed by atoms with Crippen molar-refractivity contribution in [2.45, 2.75) is 39.2 Å². The van der Waals surface area contributed by atoms with Crippen LogP contribution in [0, 0.1) is 0 Å². The van der Waals surface area contributed by atoms with Crippen molar-refractivity contribution in [2.24, 2.45) is 0 Å². The minimum Gasteiger partial charge on any atom is -0.481 e. The van der Waals surface area contributed by atoms with Gasteiger partial charge in [-0.05, 0) is 27.2 Å². The Morgan fingerprint density at radius 3 is 2.29 bits per heavy atom. The number of carboxylic acid groups (broad SMARTS) is 1. The van der Waals surface area contributed by atoms with Gasteiger partial charge in [-0.1, -0.05) is 0 Å². The van der Waals surface area contributed by atoms with E-state index in [9.17, 15) is 9.18 Å². The molecule has 0 aliphatic rings. The molecule has 3 nitrogen and oxygen atoms in total. The number of carbonyl (C=O) groups is 1. The average molecular weight is 205 g/mol. The second-order valence-corrected chi connectivity index (χ2v) is 4.34. The molecule has 0 aliphatic heterocycles. The van der Waals surface area contributed by atoms with Crippen molar-refractivity contribution >= 4 is 5.97 Å². The van der Waals surface area contributed by atoms with Crippen LogP contribution in [-0.4, -0.2) is 41.3 Å². The van der Waals surface area contributed by atoms with Crippen LogP contribution in [0.15, 0.2) is 0 Å². The van der Waals surface area contributed by atoms with Gasteiger partial charge in [0.2, 0.25) is 0 Å². The Bertz CT molecular complexity index is 177. The van der Waals surface area contributed by atoms with Crippen LogP contribution in [0.5, 0.6) is 0 Å². The number of rotatable bonds is 6. The smallest absolute Gasteiger partial charge is 0.304 e. The average Bonchev–Trinajstić information content (AvgIpc) is 2.01. The third kappa shape index (κ3) is 5.91. The Hall–Kier alpha value is -0.640. The van der Waals surface area contributed by atoms with Gasteiger partial charge in [-0.3, -0.25) is 14.1 Å². The molecule has 0 aromatic rings. The van der Waals surface area contributed by atoms with Crippen molar-refractivity contribution in [2.75, 3.05) is 19.8 Å². The lowest BCUT2D eigenvalue weighted by atomic mass is 10.1. The van der Waals surface area contributed by atoms with E-state index in [0.29, 0.717) is 19.5 Å². The molecular weight excluding hydrogens is 185 g/mol. The van der Waals surface area contributed by atoms with Crippen LogP contribution in [0.1, 0.15) is 33.6 Å². The summed E-state index contributed by atoms with van der Waals surface area (Å²) in [5.41, 5.74) is -0.0926. The van der Waals surface area contributed by atoms with Crippen molar-refractivity contribution in [3.05, 3.63) is 0 Å². The standard InChI is InChI=1S/C10H20FNO2/c1-10(2,3)12(7-4-6-11)8-5-9(13)14/h4-8H2,1-3H3,(H,13,14). The number of carboxylic acids is 1. The zero-order valence-electron chi connectivity index (χ0n) is 9.22. The topological polar surface area (TPSA) is 40.5 Å². The molecule has 4 heteroatoms. The van der Waals surface area contributed by atoms with E-state index in [1.165, 1.54) is 0 Å². The molecule has 0 radical (unpaired) electrons. The minimum atomic E-state index is -0.806. The quantitative estimate of drug-likeness (QED) is 0.720. The third-order valence-corrected chi connectivity index (χ3v) is 2.11. The van der Waals surface area contributed by atoms with E-state index in [1.54, 1.807) is 0 Å². The van der Waals surface area contributed by atoms with Crippen molar-refractivity contribution in [3.63, 3.8) is 0 Å². The van der Waals surface area contributed by atoms with Crippen molar-refractivity contribution in [3.8, 4) is 0 Å². The SMILES string of the molecule is CC(C)(C)N(CCCF)CCC(=O)O. The number of hydrogen-bond donors (Lipinski definition) is 1. The summed E-state index contributed by atoms with van der Waals surface area (Å²) in [6, 6.07) is 0. The molecule has 1 N–H and O–H groups in total. The Kier molecular flexibility index (Phi) is 5.69. The molecule has 0 aromatic carbocycles. The molecule has 84 valence electrons. The van der Waals surface area contributed by atoms with Crippen LogP contribution in [-0.2, 0) is 4.79 Å². The summed E-state index contributed by atoms with van der Waals surface area (Å²) in [5.74, 6) is -0.806. The highest BCUT2D eigenvalue weighted by molar-refractivity contribution is 5.66. The van der Waals surface area contributed by atoms with Gasteiger partial charge in [-0.15, -0.1) is 0 Å². The number of aliphatic carboxylic acids is 1. The molecule has 0 bridgehead atoms. The predicted octanol–water partition coefficient (Wildman–Crippen LogP) is 1.92. The first kappa shape index (κ1) is 13.4. The van der Waals surface area contributed by atoms with Crippen LogP contribution in [0.2, 0.25) is 0 Å². The van der Waals surface area contributed by atoms with Gasteiger partial charge in [-0.2, -0.15) is 0 Å². The molecule has 0 spiro atoms. The summed E-state index contributed by atoms with van der Waals surface area (Å²) in [5, 5.41) is 8.55. The maximum atomic E-state index is 12.0. The Labute approximate surface area is 84.9 Å². The van der Waals surface area contributed by atoms with Crippen molar-refractivity contribution in [1.82, 2.24) is 4.90 Å². The minimum absolute atomic E-state index is 0.0926. The first-order chi connectivity index (χ1) is 6.38. The zero-order chi connectivity index (χ0) is 11.2. The van der Waals surface area contributed by atoms with Gasteiger partial charge in [-0.25, -0.2) is 0 Å². The number of alkyl halides is 1. The van der Waals surface area contributed by atoms with Gasteiger partial charge >= 0.3 is 5.97 Å². The van der Waals surface area contributed by atoms with E-state index < -0.39 is 5.97 Å². The summed E-state index contributed by atoms with van der Waals surface area (Å²) in [6.07, 6.45) is 0.584. The lowest BCUT2D eigenvalue weighted by molar-refractivity contribution is -0.137. The van der Waals surface area contributed by atoms with Gasteiger partial charge in [0.15, 0.2) is 0 Å². The van der Waals surface area contributed by atoms with Crippen molar-refractivity contribution < 1.29 is 14.3 Å². The molecule has 14 heavy (non-hydrogen) atoms. The van der Waals surface area contributed by atoms with E-state index in [1.807, 2.05) is 25.7 Å². The van der Waals surface area contributed by atoms with Crippen molar-refractivity contribution in [1.29, 1.82) is 0 Å². The first-order valence-corrected chi connectivity index (χ1v) is 4.90. The lowest BCUT2D eigenvalue weighted by Gasteiger charge is -2.35. The summed E-state index contributed by atoms with van der Waals surface area (Å²) < 4.78 is 12.0. The predicted molar refractivity (Wildman–Crippen MR) is 54.2 cm³/mol. The van der Waals surface area contributed by atoms with Gasteiger partial charge in [0, 0.05) is 18.6 Å². The number of halogens is 1. The summed E-state index contributed by atoms with van der Waals surface area (Å²) >= 11 is 0. The largest absolute Gasteiger partial charge is 0.481 e. The highest BCUT2D eigenvalue weighted by atomic mass is 19.1. The molecule has 0 heterocycles. The molecule has 0 saturated carbocycles. The monoisotopic (exact) mass is 205 g/mol. The molecule has 0 aromatic heterocycles. The fourth-order valence-corrected chi connectivity index (χ4v) is 1.26. The molecule has 0 saturated heterocycles. The van der Waals surface area contributed by atoms with E-state index in [0.717, 1.165) is 0 Å². The van der Waals surface area contributed by atoms with Gasteiger partial charge in [0.25, 0.3) is 0 Å². The maximum absolute atomic E-state index is 12.0. The van der Waals surface area contributed by atoms with E-state index in [-0.39, 0.29) is 18.6 Å². The zero-order valence-corrected chi connectivity index (χ0v) is 9.22. The number of hydrogen-bond acceptors (Lipinski definition) is 2. The molecule has 0 fully saturated rings. The van der Waals surface area contributed by atoms with E-state index in [4.69, 9.17) is 5.11 Å². The van der Waals surface area contributed by atoms with Crippen LogP contribution in [0.25, 0.3) is 0 Å². The molecule has 0 atom stereocenters. The Morgan fingerprint density at radius 1 is 1.36 bits per heavy atom. The molecule has 0 aliphatic carbocycles. The Morgan fingerprint density at radius 2 is 1.93 bits per heavy atom. The second-order valence-electron chi connectivity index (χ2n) is 4.34. The molecule has 0 amide bonds. The fourth-order valence-electron chi connectivity index (χ4n) is 1.26.